The van der Waals surface area contributed by atoms with Crippen molar-refractivity contribution >= 4 is 27.8 Å². The van der Waals surface area contributed by atoms with Gasteiger partial charge in [0.05, 0.1) is 18.6 Å². The van der Waals surface area contributed by atoms with Crippen LogP contribution in [0.2, 0.25) is 0 Å². The molecule has 6 heteroatoms. The molecular formula is C15H18BrNO4. The molecule has 1 aromatic rings. The van der Waals surface area contributed by atoms with E-state index in [0.717, 1.165) is 10.0 Å². The molecule has 114 valence electrons. The third-order valence-electron chi connectivity index (χ3n) is 3.53. The Morgan fingerprint density at radius 3 is 2.86 bits per heavy atom. The number of hydrogen-bond donors (Lipinski definition) is 2. The Labute approximate surface area is 131 Å². The van der Waals surface area contributed by atoms with Gasteiger partial charge in [-0.1, -0.05) is 28.1 Å². The molecule has 0 spiro atoms. The largest absolute Gasteiger partial charge is 0.481 e. The second-order valence-electron chi connectivity index (χ2n) is 5.33. The smallest absolute Gasteiger partial charge is 0.305 e. The summed E-state index contributed by atoms with van der Waals surface area (Å²) in [6, 6.07) is 7.79. The summed E-state index contributed by atoms with van der Waals surface area (Å²) < 4.78 is 6.24. The highest BCUT2D eigenvalue weighted by molar-refractivity contribution is 9.10. The van der Waals surface area contributed by atoms with Gasteiger partial charge in [-0.25, -0.2) is 0 Å². The second-order valence-corrected chi connectivity index (χ2v) is 6.25. The van der Waals surface area contributed by atoms with Crippen LogP contribution in [0.15, 0.2) is 28.7 Å². The second kappa shape index (κ2) is 7.04. The van der Waals surface area contributed by atoms with Crippen LogP contribution in [0.4, 0.5) is 0 Å². The number of hydrogen-bond acceptors (Lipinski definition) is 3. The minimum absolute atomic E-state index is 0.102. The quantitative estimate of drug-likeness (QED) is 0.819. The van der Waals surface area contributed by atoms with Crippen LogP contribution >= 0.6 is 15.9 Å². The molecule has 1 fully saturated rings. The fourth-order valence-corrected chi connectivity index (χ4v) is 2.93. The predicted octanol–water partition coefficient (Wildman–Crippen LogP) is 2.13. The maximum Gasteiger partial charge on any atom is 0.305 e. The molecule has 1 unspecified atom stereocenters. The summed E-state index contributed by atoms with van der Waals surface area (Å²) in [7, 11) is 0. The lowest BCUT2D eigenvalue weighted by Gasteiger charge is -2.27. The minimum atomic E-state index is -0.923. The lowest BCUT2D eigenvalue weighted by Crippen LogP contribution is -2.50. The summed E-state index contributed by atoms with van der Waals surface area (Å²) in [4.78, 5) is 23.0. The predicted molar refractivity (Wildman–Crippen MR) is 81.0 cm³/mol. The number of carbonyl (C=O) groups is 2. The SMILES string of the molecule is O=C(O)CC1(NC(=O)CCc2cccc(Br)c2)CCOC1. The summed E-state index contributed by atoms with van der Waals surface area (Å²) in [5.74, 6) is -1.06. The van der Waals surface area contributed by atoms with Gasteiger partial charge in [0.2, 0.25) is 5.91 Å². The summed E-state index contributed by atoms with van der Waals surface area (Å²) in [5, 5.41) is 11.8. The lowest BCUT2D eigenvalue weighted by molar-refractivity contribution is -0.139. The number of aliphatic carboxylic acids is 1. The topological polar surface area (TPSA) is 75.6 Å². The standard InChI is InChI=1S/C15H18BrNO4/c16-12-3-1-2-11(8-12)4-5-13(18)17-15(9-14(19)20)6-7-21-10-15/h1-3,8H,4-7,9-10H2,(H,17,18)(H,19,20). The van der Waals surface area contributed by atoms with Crippen molar-refractivity contribution in [2.24, 2.45) is 0 Å². The number of carboxylic acids is 1. The summed E-state index contributed by atoms with van der Waals surface area (Å²) in [6.07, 6.45) is 1.39. The molecular weight excluding hydrogens is 338 g/mol. The normalized spacial score (nSPS) is 21.2. The highest BCUT2D eigenvalue weighted by Crippen LogP contribution is 2.23. The molecule has 0 saturated carbocycles. The van der Waals surface area contributed by atoms with E-state index in [9.17, 15) is 9.59 Å². The highest BCUT2D eigenvalue weighted by atomic mass is 79.9. The third-order valence-corrected chi connectivity index (χ3v) is 4.02. The van der Waals surface area contributed by atoms with Crippen LogP contribution < -0.4 is 5.32 Å². The number of rotatable bonds is 6. The van der Waals surface area contributed by atoms with Gasteiger partial charge in [0.15, 0.2) is 0 Å². The van der Waals surface area contributed by atoms with Crippen molar-refractivity contribution in [2.75, 3.05) is 13.2 Å². The van der Waals surface area contributed by atoms with Gasteiger partial charge in [0.1, 0.15) is 0 Å². The fraction of sp³-hybridized carbons (Fsp3) is 0.467. The zero-order valence-electron chi connectivity index (χ0n) is 11.6. The van der Waals surface area contributed by atoms with Crippen molar-refractivity contribution in [2.45, 2.75) is 31.2 Å². The van der Waals surface area contributed by atoms with Gasteiger partial charge in [-0.2, -0.15) is 0 Å². The highest BCUT2D eigenvalue weighted by Gasteiger charge is 2.38. The molecule has 1 heterocycles. The third kappa shape index (κ3) is 4.82. The molecule has 1 saturated heterocycles. The minimum Gasteiger partial charge on any atom is -0.481 e. The zero-order chi connectivity index (χ0) is 15.3. The average Bonchev–Trinajstić information content (AvgIpc) is 2.83. The maximum atomic E-state index is 12.1. The summed E-state index contributed by atoms with van der Waals surface area (Å²) in [5.41, 5.74) is 0.315. The number of nitrogens with one attached hydrogen (secondary N) is 1. The van der Waals surface area contributed by atoms with Crippen molar-refractivity contribution in [3.8, 4) is 0 Å². The van der Waals surface area contributed by atoms with E-state index in [-0.39, 0.29) is 18.9 Å². The number of aryl methyl sites for hydroxylation is 1. The number of halogens is 1. The summed E-state index contributed by atoms with van der Waals surface area (Å²) in [6.45, 7) is 0.751. The Morgan fingerprint density at radius 2 is 2.24 bits per heavy atom. The number of benzene rings is 1. The Kier molecular flexibility index (Phi) is 5.36. The van der Waals surface area contributed by atoms with Crippen LogP contribution in [0, 0.1) is 0 Å². The molecule has 1 aliphatic rings. The van der Waals surface area contributed by atoms with Gasteiger partial charge in [-0.3, -0.25) is 9.59 Å². The molecule has 21 heavy (non-hydrogen) atoms. The van der Waals surface area contributed by atoms with Gasteiger partial charge in [-0.05, 0) is 30.5 Å². The summed E-state index contributed by atoms with van der Waals surface area (Å²) >= 11 is 3.39. The number of ether oxygens (including phenoxy) is 1. The zero-order valence-corrected chi connectivity index (χ0v) is 13.2. The van der Waals surface area contributed by atoms with Crippen LogP contribution in [-0.2, 0) is 20.7 Å². The Morgan fingerprint density at radius 1 is 1.43 bits per heavy atom. The van der Waals surface area contributed by atoms with Crippen molar-refractivity contribution in [1.82, 2.24) is 5.32 Å². The number of carbonyl (C=O) groups excluding carboxylic acids is 1. The van der Waals surface area contributed by atoms with Crippen molar-refractivity contribution < 1.29 is 19.4 Å². The molecule has 5 nitrogen and oxygen atoms in total. The Balaban J connectivity index is 1.89. The van der Waals surface area contributed by atoms with Crippen LogP contribution in [0.25, 0.3) is 0 Å². The van der Waals surface area contributed by atoms with Crippen LogP contribution in [0.5, 0.6) is 0 Å². The van der Waals surface area contributed by atoms with E-state index in [1.165, 1.54) is 0 Å². The molecule has 1 amide bonds. The van der Waals surface area contributed by atoms with Crippen molar-refractivity contribution in [1.29, 1.82) is 0 Å². The molecule has 0 aromatic heterocycles. The fourth-order valence-electron chi connectivity index (χ4n) is 2.49. The lowest BCUT2D eigenvalue weighted by atomic mass is 9.94. The van der Waals surface area contributed by atoms with Crippen LogP contribution in [0.3, 0.4) is 0 Å². The van der Waals surface area contributed by atoms with E-state index >= 15 is 0 Å². The monoisotopic (exact) mass is 355 g/mol. The van der Waals surface area contributed by atoms with Gasteiger partial charge in [-0.15, -0.1) is 0 Å². The van der Waals surface area contributed by atoms with Crippen LogP contribution in [0.1, 0.15) is 24.8 Å². The van der Waals surface area contributed by atoms with Gasteiger partial charge >= 0.3 is 5.97 Å². The first kappa shape index (κ1) is 16.0. The van der Waals surface area contributed by atoms with E-state index < -0.39 is 11.5 Å². The van der Waals surface area contributed by atoms with Crippen LogP contribution in [-0.4, -0.2) is 35.7 Å². The Bertz CT molecular complexity index is 526. The van der Waals surface area contributed by atoms with E-state index in [1.54, 1.807) is 0 Å². The van der Waals surface area contributed by atoms with E-state index in [0.29, 0.717) is 25.9 Å². The number of carboxylic acid groups (broad SMARTS) is 1. The molecule has 0 bridgehead atoms. The number of amides is 1. The molecule has 1 aliphatic heterocycles. The van der Waals surface area contributed by atoms with E-state index in [2.05, 4.69) is 21.2 Å². The van der Waals surface area contributed by atoms with Gasteiger partial charge in [0.25, 0.3) is 0 Å². The molecule has 2 N–H and O–H groups in total. The van der Waals surface area contributed by atoms with E-state index in [4.69, 9.17) is 9.84 Å². The van der Waals surface area contributed by atoms with E-state index in [1.807, 2.05) is 24.3 Å². The first-order chi connectivity index (χ1) is 9.99. The van der Waals surface area contributed by atoms with Crippen molar-refractivity contribution in [3.05, 3.63) is 34.3 Å². The molecule has 0 radical (unpaired) electrons. The molecule has 2 rings (SSSR count). The molecule has 0 aliphatic carbocycles. The van der Waals surface area contributed by atoms with Gasteiger partial charge < -0.3 is 15.2 Å². The maximum absolute atomic E-state index is 12.1. The molecule has 1 atom stereocenters. The Hall–Kier alpha value is -1.40. The average molecular weight is 356 g/mol. The van der Waals surface area contributed by atoms with Crippen molar-refractivity contribution in [3.63, 3.8) is 0 Å². The first-order valence-corrected chi connectivity index (χ1v) is 7.63. The molecule has 1 aromatic carbocycles. The van der Waals surface area contributed by atoms with Gasteiger partial charge in [0, 0.05) is 17.5 Å². The first-order valence-electron chi connectivity index (χ1n) is 6.84.